The number of rotatable bonds is 16. The number of nitrogens with zero attached hydrogens (tertiary/aromatic N) is 2. The third-order valence-corrected chi connectivity index (χ3v) is 5.24. The minimum atomic E-state index is 0.747. The standard InChI is InChI=1S/C26H39N3O/c1-2-3-4-5-6-9-12-23-13-15-24(16-14-23)28-29-25-17-19-26(20-18-25)30-22-11-8-7-10-21-27/h13-20H,2-12,21-22,27H2,1H3. The van der Waals surface area contributed by atoms with E-state index in [0.717, 1.165) is 49.5 Å². The van der Waals surface area contributed by atoms with E-state index in [1.807, 2.05) is 24.3 Å². The van der Waals surface area contributed by atoms with Gasteiger partial charge in [0, 0.05) is 0 Å². The summed E-state index contributed by atoms with van der Waals surface area (Å²) in [5, 5.41) is 8.69. The highest BCUT2D eigenvalue weighted by atomic mass is 16.5. The molecule has 0 amide bonds. The van der Waals surface area contributed by atoms with Gasteiger partial charge in [-0.3, -0.25) is 0 Å². The molecule has 2 rings (SSSR count). The molecule has 164 valence electrons. The van der Waals surface area contributed by atoms with Gasteiger partial charge in [0.25, 0.3) is 0 Å². The van der Waals surface area contributed by atoms with Crippen LogP contribution in [0.4, 0.5) is 11.4 Å². The van der Waals surface area contributed by atoms with Crippen molar-refractivity contribution >= 4 is 11.4 Å². The van der Waals surface area contributed by atoms with Crippen LogP contribution in [0, 0.1) is 0 Å². The van der Waals surface area contributed by atoms with Crippen LogP contribution in [-0.4, -0.2) is 13.2 Å². The number of ether oxygens (including phenoxy) is 1. The molecule has 0 unspecified atom stereocenters. The number of nitrogens with two attached hydrogens (primary N) is 1. The molecule has 0 saturated heterocycles. The van der Waals surface area contributed by atoms with Crippen LogP contribution in [-0.2, 0) is 6.42 Å². The van der Waals surface area contributed by atoms with E-state index < -0.39 is 0 Å². The van der Waals surface area contributed by atoms with Crippen molar-refractivity contribution in [1.82, 2.24) is 0 Å². The Balaban J connectivity index is 1.68. The predicted molar refractivity (Wildman–Crippen MR) is 127 cm³/mol. The van der Waals surface area contributed by atoms with Crippen LogP contribution in [0.15, 0.2) is 58.8 Å². The maximum atomic E-state index is 5.77. The van der Waals surface area contributed by atoms with Gasteiger partial charge >= 0.3 is 0 Å². The molecule has 0 heterocycles. The number of hydrogen-bond acceptors (Lipinski definition) is 4. The summed E-state index contributed by atoms with van der Waals surface area (Å²) in [6, 6.07) is 16.3. The molecule has 0 atom stereocenters. The molecule has 2 N–H and O–H groups in total. The second kappa shape index (κ2) is 15.6. The van der Waals surface area contributed by atoms with E-state index in [2.05, 4.69) is 41.4 Å². The Labute approximate surface area is 182 Å². The molecule has 0 bridgehead atoms. The quantitative estimate of drug-likeness (QED) is 0.226. The normalized spacial score (nSPS) is 11.3. The average molecular weight is 410 g/mol. The van der Waals surface area contributed by atoms with Gasteiger partial charge in [-0.25, -0.2) is 0 Å². The number of hydrogen-bond donors (Lipinski definition) is 1. The van der Waals surface area contributed by atoms with Gasteiger partial charge in [0.15, 0.2) is 0 Å². The van der Waals surface area contributed by atoms with Crippen molar-refractivity contribution in [2.75, 3.05) is 13.2 Å². The van der Waals surface area contributed by atoms with Gasteiger partial charge in [-0.1, -0.05) is 64.0 Å². The smallest absolute Gasteiger partial charge is 0.119 e. The Bertz CT molecular complexity index is 634. The zero-order valence-electron chi connectivity index (χ0n) is 18.7. The second-order valence-corrected chi connectivity index (χ2v) is 7.93. The molecule has 4 nitrogen and oxygen atoms in total. The third-order valence-electron chi connectivity index (χ3n) is 5.24. The van der Waals surface area contributed by atoms with Gasteiger partial charge in [0.05, 0.1) is 18.0 Å². The fraction of sp³-hybridized carbons (Fsp3) is 0.538. The van der Waals surface area contributed by atoms with E-state index in [9.17, 15) is 0 Å². The van der Waals surface area contributed by atoms with E-state index in [-0.39, 0.29) is 0 Å². The zero-order chi connectivity index (χ0) is 21.3. The minimum Gasteiger partial charge on any atom is -0.494 e. The molecule has 4 heteroatoms. The van der Waals surface area contributed by atoms with Gasteiger partial charge in [-0.15, -0.1) is 0 Å². The molecule has 0 saturated carbocycles. The molecular formula is C26H39N3O. The van der Waals surface area contributed by atoms with Crippen LogP contribution < -0.4 is 10.5 Å². The summed E-state index contributed by atoms with van der Waals surface area (Å²) in [5.41, 5.74) is 8.61. The van der Waals surface area contributed by atoms with Crippen molar-refractivity contribution in [3.05, 3.63) is 54.1 Å². The number of azo groups is 1. The van der Waals surface area contributed by atoms with Gasteiger partial charge < -0.3 is 10.5 Å². The van der Waals surface area contributed by atoms with Crippen molar-refractivity contribution in [1.29, 1.82) is 0 Å². The monoisotopic (exact) mass is 409 g/mol. The first-order valence-corrected chi connectivity index (χ1v) is 11.8. The maximum absolute atomic E-state index is 5.77. The van der Waals surface area contributed by atoms with E-state index >= 15 is 0 Å². The van der Waals surface area contributed by atoms with Crippen LogP contribution in [0.3, 0.4) is 0 Å². The Kier molecular flexibility index (Phi) is 12.5. The molecule has 2 aromatic rings. The lowest BCUT2D eigenvalue weighted by atomic mass is 10.0. The van der Waals surface area contributed by atoms with Gasteiger partial charge in [-0.05, 0) is 74.2 Å². The van der Waals surface area contributed by atoms with Gasteiger partial charge in [0.2, 0.25) is 0 Å². The lowest BCUT2D eigenvalue weighted by molar-refractivity contribution is 0.305. The highest BCUT2D eigenvalue weighted by Crippen LogP contribution is 2.22. The Hall–Kier alpha value is -2.20. The van der Waals surface area contributed by atoms with Crippen LogP contribution in [0.2, 0.25) is 0 Å². The summed E-state index contributed by atoms with van der Waals surface area (Å²) in [6.45, 7) is 3.79. The summed E-state index contributed by atoms with van der Waals surface area (Å²) < 4.78 is 5.77. The Morgan fingerprint density at radius 2 is 1.23 bits per heavy atom. The predicted octanol–water partition coefficient (Wildman–Crippen LogP) is 7.90. The Morgan fingerprint density at radius 1 is 0.667 bits per heavy atom. The fourth-order valence-electron chi connectivity index (χ4n) is 3.35. The SMILES string of the molecule is CCCCCCCCc1ccc(N=Nc2ccc(OCCCCCCN)cc2)cc1. The van der Waals surface area contributed by atoms with E-state index in [1.54, 1.807) is 0 Å². The molecule has 0 radical (unpaired) electrons. The lowest BCUT2D eigenvalue weighted by Gasteiger charge is -2.06. The largest absolute Gasteiger partial charge is 0.494 e. The molecule has 0 fully saturated rings. The zero-order valence-corrected chi connectivity index (χ0v) is 18.7. The minimum absolute atomic E-state index is 0.747. The van der Waals surface area contributed by atoms with E-state index in [4.69, 9.17) is 10.5 Å². The number of aryl methyl sites for hydroxylation is 1. The van der Waals surface area contributed by atoms with E-state index in [0.29, 0.717) is 0 Å². The van der Waals surface area contributed by atoms with Gasteiger partial charge in [-0.2, -0.15) is 10.2 Å². The van der Waals surface area contributed by atoms with E-state index in [1.165, 1.54) is 56.9 Å². The van der Waals surface area contributed by atoms with Crippen LogP contribution in [0.1, 0.15) is 76.7 Å². The van der Waals surface area contributed by atoms with Crippen molar-refractivity contribution in [2.24, 2.45) is 16.0 Å². The van der Waals surface area contributed by atoms with Crippen LogP contribution in [0.5, 0.6) is 5.75 Å². The van der Waals surface area contributed by atoms with Crippen LogP contribution in [0.25, 0.3) is 0 Å². The number of unbranched alkanes of at least 4 members (excludes halogenated alkanes) is 8. The van der Waals surface area contributed by atoms with Crippen molar-refractivity contribution in [3.8, 4) is 5.75 Å². The first-order chi connectivity index (χ1) is 14.8. The maximum Gasteiger partial charge on any atom is 0.119 e. The summed E-state index contributed by atoms with van der Waals surface area (Å²) in [6.07, 6.45) is 13.7. The molecule has 30 heavy (non-hydrogen) atoms. The molecule has 2 aromatic carbocycles. The van der Waals surface area contributed by atoms with Crippen molar-refractivity contribution in [3.63, 3.8) is 0 Å². The lowest BCUT2D eigenvalue weighted by Crippen LogP contribution is -2.00. The fourth-order valence-corrected chi connectivity index (χ4v) is 3.35. The first-order valence-electron chi connectivity index (χ1n) is 11.8. The molecular weight excluding hydrogens is 370 g/mol. The second-order valence-electron chi connectivity index (χ2n) is 7.93. The summed E-state index contributed by atoms with van der Waals surface area (Å²) in [4.78, 5) is 0. The Morgan fingerprint density at radius 3 is 1.90 bits per heavy atom. The summed E-state index contributed by atoms with van der Waals surface area (Å²) >= 11 is 0. The molecule has 0 aromatic heterocycles. The third kappa shape index (κ3) is 10.5. The van der Waals surface area contributed by atoms with Crippen molar-refractivity contribution in [2.45, 2.75) is 77.6 Å². The molecule has 0 spiro atoms. The van der Waals surface area contributed by atoms with Crippen molar-refractivity contribution < 1.29 is 4.74 Å². The summed E-state index contributed by atoms with van der Waals surface area (Å²) in [5.74, 6) is 0.881. The van der Waals surface area contributed by atoms with Gasteiger partial charge in [0.1, 0.15) is 5.75 Å². The number of benzene rings is 2. The molecule has 0 aliphatic heterocycles. The molecule has 0 aliphatic rings. The highest BCUT2D eigenvalue weighted by Gasteiger charge is 1.98. The highest BCUT2D eigenvalue weighted by molar-refractivity contribution is 5.43. The summed E-state index contributed by atoms with van der Waals surface area (Å²) in [7, 11) is 0. The topological polar surface area (TPSA) is 60.0 Å². The molecule has 0 aliphatic carbocycles. The average Bonchev–Trinajstić information content (AvgIpc) is 2.79. The van der Waals surface area contributed by atoms with Crippen LogP contribution >= 0.6 is 0 Å². The first kappa shape index (κ1) is 24.1.